The number of Topliss-reactive ketones (excluding diaryl/α,β-unsaturated/α-hetero) is 1. The second kappa shape index (κ2) is 8.92. The van der Waals surface area contributed by atoms with Crippen LogP contribution in [-0.2, 0) is 4.79 Å². The zero-order valence-corrected chi connectivity index (χ0v) is 14.4. The maximum atomic E-state index is 12.1. The van der Waals surface area contributed by atoms with E-state index in [-0.39, 0.29) is 11.7 Å². The molecule has 26 heavy (non-hydrogen) atoms. The largest absolute Gasteiger partial charge is 0.457 e. The SMILES string of the molecule is O=C(CN1CCCC1)N/N=C\C(=O)c1ccc(Oc2ccccc2)cc1. The number of ketones is 1. The highest BCUT2D eigenvalue weighted by molar-refractivity contribution is 6.35. The van der Waals surface area contributed by atoms with Crippen LogP contribution in [0.3, 0.4) is 0 Å². The molecule has 1 fully saturated rings. The Morgan fingerprint density at radius 3 is 2.35 bits per heavy atom. The molecule has 134 valence electrons. The summed E-state index contributed by atoms with van der Waals surface area (Å²) >= 11 is 0. The van der Waals surface area contributed by atoms with Crippen molar-refractivity contribution in [3.8, 4) is 11.5 Å². The molecule has 6 heteroatoms. The van der Waals surface area contributed by atoms with Crippen molar-refractivity contribution in [2.45, 2.75) is 12.8 Å². The number of carbonyl (C=O) groups is 2. The summed E-state index contributed by atoms with van der Waals surface area (Å²) in [5.41, 5.74) is 2.87. The maximum Gasteiger partial charge on any atom is 0.254 e. The summed E-state index contributed by atoms with van der Waals surface area (Å²) in [6, 6.07) is 16.2. The number of amides is 1. The maximum absolute atomic E-state index is 12.1. The third kappa shape index (κ3) is 5.26. The molecular formula is C20H21N3O3. The van der Waals surface area contributed by atoms with Gasteiger partial charge in [-0.05, 0) is 62.3 Å². The van der Waals surface area contributed by atoms with Crippen molar-refractivity contribution in [2.24, 2.45) is 5.10 Å². The topological polar surface area (TPSA) is 71.0 Å². The number of likely N-dealkylation sites (tertiary alicyclic amines) is 1. The normalized spacial score (nSPS) is 14.5. The zero-order valence-electron chi connectivity index (χ0n) is 14.4. The van der Waals surface area contributed by atoms with Crippen LogP contribution in [0.5, 0.6) is 11.5 Å². The second-order valence-corrected chi connectivity index (χ2v) is 6.08. The quantitative estimate of drug-likeness (QED) is 0.473. The fourth-order valence-corrected chi connectivity index (χ4v) is 2.73. The summed E-state index contributed by atoms with van der Waals surface area (Å²) in [7, 11) is 0. The van der Waals surface area contributed by atoms with E-state index in [1.54, 1.807) is 24.3 Å². The molecule has 3 rings (SSSR count). The van der Waals surface area contributed by atoms with E-state index in [4.69, 9.17) is 4.74 Å². The van der Waals surface area contributed by atoms with Crippen LogP contribution in [-0.4, -0.2) is 42.4 Å². The fraction of sp³-hybridized carbons (Fsp3) is 0.250. The van der Waals surface area contributed by atoms with Crippen LogP contribution in [0.25, 0.3) is 0 Å². The average Bonchev–Trinajstić information content (AvgIpc) is 3.16. The number of hydrogen-bond donors (Lipinski definition) is 1. The Labute approximate surface area is 152 Å². The predicted octanol–water partition coefficient (Wildman–Crippen LogP) is 2.86. The number of nitrogens with one attached hydrogen (secondary N) is 1. The van der Waals surface area contributed by atoms with Crippen molar-refractivity contribution in [1.29, 1.82) is 0 Å². The van der Waals surface area contributed by atoms with Crippen molar-refractivity contribution >= 4 is 17.9 Å². The fourth-order valence-electron chi connectivity index (χ4n) is 2.73. The van der Waals surface area contributed by atoms with Gasteiger partial charge in [-0.2, -0.15) is 5.10 Å². The molecule has 2 aromatic carbocycles. The summed E-state index contributed by atoms with van der Waals surface area (Å²) in [5, 5.41) is 3.75. The lowest BCUT2D eigenvalue weighted by Gasteiger charge is -2.11. The van der Waals surface area contributed by atoms with Crippen molar-refractivity contribution in [3.63, 3.8) is 0 Å². The van der Waals surface area contributed by atoms with Crippen molar-refractivity contribution in [1.82, 2.24) is 10.3 Å². The Bertz CT molecular complexity index is 767. The van der Waals surface area contributed by atoms with Gasteiger partial charge < -0.3 is 4.74 Å². The van der Waals surface area contributed by atoms with Gasteiger partial charge in [0.2, 0.25) is 5.78 Å². The Balaban J connectivity index is 1.48. The molecule has 0 saturated carbocycles. The van der Waals surface area contributed by atoms with E-state index in [0.29, 0.717) is 17.9 Å². The van der Waals surface area contributed by atoms with Crippen LogP contribution in [0.1, 0.15) is 23.2 Å². The summed E-state index contributed by atoms with van der Waals surface area (Å²) < 4.78 is 5.68. The number of carbonyl (C=O) groups excluding carboxylic acids is 2. The molecule has 0 aromatic heterocycles. The number of rotatable bonds is 7. The molecule has 0 spiro atoms. The first-order valence-electron chi connectivity index (χ1n) is 8.62. The molecule has 1 amide bonds. The van der Waals surface area contributed by atoms with E-state index in [0.717, 1.165) is 37.9 Å². The molecule has 1 saturated heterocycles. The van der Waals surface area contributed by atoms with E-state index in [1.807, 2.05) is 30.3 Å². The van der Waals surface area contributed by atoms with Crippen molar-refractivity contribution < 1.29 is 14.3 Å². The lowest BCUT2D eigenvalue weighted by molar-refractivity contribution is -0.121. The summed E-state index contributed by atoms with van der Waals surface area (Å²) in [5.74, 6) is 0.887. The Kier molecular flexibility index (Phi) is 6.11. The van der Waals surface area contributed by atoms with E-state index in [1.165, 1.54) is 0 Å². The van der Waals surface area contributed by atoms with Gasteiger partial charge in [0.1, 0.15) is 11.5 Å². The van der Waals surface area contributed by atoms with Gasteiger partial charge in [0.15, 0.2) is 0 Å². The average molecular weight is 351 g/mol. The van der Waals surface area contributed by atoms with Crippen LogP contribution >= 0.6 is 0 Å². The minimum absolute atomic E-state index is 0.206. The third-order valence-corrected chi connectivity index (χ3v) is 4.05. The Hall–Kier alpha value is -2.99. The van der Waals surface area contributed by atoms with Crippen LogP contribution in [0, 0.1) is 0 Å². The zero-order chi connectivity index (χ0) is 18.2. The first-order chi connectivity index (χ1) is 12.7. The van der Waals surface area contributed by atoms with Gasteiger partial charge >= 0.3 is 0 Å². The standard InChI is InChI=1S/C20H21N3O3/c24-19(14-21-22-20(25)15-23-12-4-5-13-23)16-8-10-18(11-9-16)26-17-6-2-1-3-7-17/h1-3,6-11,14H,4-5,12-13,15H2,(H,22,25)/b21-14-. The van der Waals surface area contributed by atoms with E-state index in [9.17, 15) is 9.59 Å². The predicted molar refractivity (Wildman–Crippen MR) is 99.6 cm³/mol. The number of benzene rings is 2. The highest BCUT2D eigenvalue weighted by atomic mass is 16.5. The molecule has 1 aliphatic heterocycles. The molecule has 0 aliphatic carbocycles. The molecule has 0 bridgehead atoms. The van der Waals surface area contributed by atoms with Crippen molar-refractivity contribution in [3.05, 3.63) is 60.2 Å². The van der Waals surface area contributed by atoms with Gasteiger partial charge in [0.05, 0.1) is 12.8 Å². The molecule has 1 heterocycles. The van der Waals surface area contributed by atoms with Crippen LogP contribution in [0.15, 0.2) is 59.7 Å². The van der Waals surface area contributed by atoms with Gasteiger partial charge in [-0.3, -0.25) is 14.5 Å². The number of hydrogen-bond acceptors (Lipinski definition) is 5. The highest BCUT2D eigenvalue weighted by Gasteiger charge is 2.14. The summed E-state index contributed by atoms with van der Waals surface area (Å²) in [6.45, 7) is 2.19. The number of hydrazone groups is 1. The number of ether oxygens (including phenoxy) is 1. The first kappa shape index (κ1) is 17.8. The van der Waals surface area contributed by atoms with Gasteiger partial charge in [-0.1, -0.05) is 18.2 Å². The minimum atomic E-state index is -0.280. The van der Waals surface area contributed by atoms with Crippen LogP contribution < -0.4 is 10.2 Å². The van der Waals surface area contributed by atoms with Gasteiger partial charge in [0.25, 0.3) is 5.91 Å². The van der Waals surface area contributed by atoms with E-state index < -0.39 is 0 Å². The lowest BCUT2D eigenvalue weighted by atomic mass is 10.1. The van der Waals surface area contributed by atoms with Gasteiger partial charge in [0, 0.05) is 5.56 Å². The number of nitrogens with zero attached hydrogens (tertiary/aromatic N) is 2. The molecule has 2 aromatic rings. The van der Waals surface area contributed by atoms with E-state index in [2.05, 4.69) is 15.4 Å². The second-order valence-electron chi connectivity index (χ2n) is 6.08. The third-order valence-electron chi connectivity index (χ3n) is 4.05. The van der Waals surface area contributed by atoms with Crippen molar-refractivity contribution in [2.75, 3.05) is 19.6 Å². The summed E-state index contributed by atoms with van der Waals surface area (Å²) in [4.78, 5) is 25.9. The molecular weight excluding hydrogens is 330 g/mol. The van der Waals surface area contributed by atoms with Crippen LogP contribution in [0.4, 0.5) is 0 Å². The highest BCUT2D eigenvalue weighted by Crippen LogP contribution is 2.21. The lowest BCUT2D eigenvalue weighted by Crippen LogP contribution is -2.33. The van der Waals surface area contributed by atoms with E-state index >= 15 is 0 Å². The molecule has 0 atom stereocenters. The minimum Gasteiger partial charge on any atom is -0.457 e. The van der Waals surface area contributed by atoms with Crippen LogP contribution in [0.2, 0.25) is 0 Å². The molecule has 0 radical (unpaired) electrons. The summed E-state index contributed by atoms with van der Waals surface area (Å²) in [6.07, 6.45) is 3.37. The smallest absolute Gasteiger partial charge is 0.254 e. The van der Waals surface area contributed by atoms with Gasteiger partial charge in [-0.15, -0.1) is 0 Å². The molecule has 1 N–H and O–H groups in total. The Morgan fingerprint density at radius 2 is 1.65 bits per heavy atom. The number of para-hydroxylation sites is 1. The first-order valence-corrected chi connectivity index (χ1v) is 8.62. The van der Waals surface area contributed by atoms with Gasteiger partial charge in [-0.25, -0.2) is 5.43 Å². The monoisotopic (exact) mass is 351 g/mol. The molecule has 0 unspecified atom stereocenters. The molecule has 6 nitrogen and oxygen atoms in total. The molecule has 1 aliphatic rings. The Morgan fingerprint density at radius 1 is 1.00 bits per heavy atom.